The van der Waals surface area contributed by atoms with E-state index in [1.807, 2.05) is 6.07 Å². The summed E-state index contributed by atoms with van der Waals surface area (Å²) in [5.41, 5.74) is 0. The molecule has 0 spiro atoms. The highest BCUT2D eigenvalue weighted by Crippen LogP contribution is 2.62. The molecule has 0 aromatic carbocycles. The topological polar surface area (TPSA) is 29.1 Å². The summed E-state index contributed by atoms with van der Waals surface area (Å²) in [5, 5.41) is 2.81. The van der Waals surface area contributed by atoms with E-state index in [-0.39, 0.29) is 12.8 Å². The largest absolute Gasteiger partial charge is 0.460 e. The van der Waals surface area contributed by atoms with Crippen molar-refractivity contribution in [1.82, 2.24) is 5.32 Å². The maximum atomic E-state index is 13.8. The smallest absolute Gasteiger partial charge is 0.350 e. The molecule has 0 bridgehead atoms. The average molecular weight is 633 g/mol. The van der Waals surface area contributed by atoms with Gasteiger partial charge < -0.3 is 5.32 Å². The van der Waals surface area contributed by atoms with Crippen LogP contribution in [-0.2, 0) is 11.2 Å². The molecule has 0 aliphatic rings. The van der Waals surface area contributed by atoms with Gasteiger partial charge in [0.1, 0.15) is 0 Å². The second-order valence-corrected chi connectivity index (χ2v) is 10.1. The third-order valence-corrected chi connectivity index (χ3v) is 7.36. The summed E-state index contributed by atoms with van der Waals surface area (Å²) >= 11 is 2.71. The first kappa shape index (κ1) is 33.0. The Balaban J connectivity index is 2.07. The Kier molecular flexibility index (Phi) is 9.03. The zero-order valence-corrected chi connectivity index (χ0v) is 20.2. The summed E-state index contributed by atoms with van der Waals surface area (Å²) in [6.45, 7) is -2.87. The molecule has 0 aliphatic heterocycles. The summed E-state index contributed by atoms with van der Waals surface area (Å²) in [6.07, 6.45) is -8.29. The second kappa shape index (κ2) is 10.7. The quantitative estimate of drug-likeness (QED) is 0.234. The van der Waals surface area contributed by atoms with E-state index in [4.69, 9.17) is 0 Å². The van der Waals surface area contributed by atoms with Crippen molar-refractivity contribution in [1.29, 1.82) is 0 Å². The van der Waals surface area contributed by atoms with Gasteiger partial charge in [0.2, 0.25) is 5.91 Å². The van der Waals surface area contributed by atoms with Gasteiger partial charge in [0.05, 0.1) is 6.54 Å². The Hall–Kier alpha value is -2.18. The number of rotatable bonds is 12. The van der Waals surface area contributed by atoms with Gasteiger partial charge in [-0.15, -0.1) is 22.7 Å². The van der Waals surface area contributed by atoms with E-state index in [0.717, 1.165) is 15.1 Å². The Bertz CT molecular complexity index is 1120. The molecule has 222 valence electrons. The molecule has 1 N–H and O–H groups in total. The number of amides is 1. The summed E-state index contributed by atoms with van der Waals surface area (Å²) < 4.78 is 198. The van der Waals surface area contributed by atoms with Crippen LogP contribution in [0, 0.1) is 0 Å². The Morgan fingerprint density at radius 1 is 0.692 bits per heavy atom. The SMILES string of the molecule is O=C(CCCc1ccc(-c2cccs2)s1)NCC(F)(F)C(F)(F)C(F)(F)C(F)(F)C(F)(F)C(F)(F)C(F)(F)F. The molecular weight excluding hydrogens is 619 g/mol. The first-order valence-corrected chi connectivity index (χ1v) is 11.9. The fraction of sp³-hybridized carbons (Fsp3) is 0.550. The van der Waals surface area contributed by atoms with Crippen molar-refractivity contribution in [2.45, 2.75) is 61.0 Å². The maximum Gasteiger partial charge on any atom is 0.460 e. The summed E-state index contributed by atoms with van der Waals surface area (Å²) in [6, 6.07) is 6.99. The van der Waals surface area contributed by atoms with E-state index in [1.165, 1.54) is 22.7 Å². The van der Waals surface area contributed by atoms with Gasteiger partial charge in [0.25, 0.3) is 0 Å². The Labute approximate surface area is 216 Å². The standard InChI is InChI=1S/C20H14F15NOS2/c21-14(22,9-36-13(37)5-1-3-10-6-7-12(39-10)11-4-2-8-38-11)15(23,24)16(25,26)17(27,28)18(29,30)19(31,32)20(33,34)35/h2,4,6-8H,1,3,5,9H2,(H,36,37). The molecule has 0 fully saturated rings. The first-order chi connectivity index (χ1) is 17.4. The van der Waals surface area contributed by atoms with Crippen LogP contribution in [0.25, 0.3) is 9.75 Å². The molecule has 0 radical (unpaired) electrons. The predicted octanol–water partition coefficient (Wildman–Crippen LogP) is 8.29. The van der Waals surface area contributed by atoms with E-state index >= 15 is 0 Å². The highest BCUT2D eigenvalue weighted by Gasteiger charge is 2.93. The van der Waals surface area contributed by atoms with Crippen molar-refractivity contribution < 1.29 is 70.7 Å². The van der Waals surface area contributed by atoms with Crippen LogP contribution in [0.15, 0.2) is 29.6 Å². The number of nitrogens with one attached hydrogen (secondary N) is 1. The number of carbonyl (C=O) groups excluding carboxylic acids is 1. The molecule has 2 aromatic heterocycles. The monoisotopic (exact) mass is 633 g/mol. The fourth-order valence-corrected chi connectivity index (χ4v) is 4.78. The summed E-state index contributed by atoms with van der Waals surface area (Å²) in [7, 11) is 0. The van der Waals surface area contributed by atoms with Crippen LogP contribution in [0.3, 0.4) is 0 Å². The average Bonchev–Trinajstić information content (AvgIpc) is 3.48. The molecule has 0 saturated carbocycles. The lowest BCUT2D eigenvalue weighted by Crippen LogP contribution is -2.73. The van der Waals surface area contributed by atoms with Crippen LogP contribution in [-0.4, -0.2) is 54.2 Å². The van der Waals surface area contributed by atoms with Gasteiger partial charge >= 0.3 is 41.7 Å². The van der Waals surface area contributed by atoms with E-state index < -0.39 is 60.6 Å². The third-order valence-electron chi connectivity index (χ3n) is 5.15. The number of hydrogen-bond acceptors (Lipinski definition) is 3. The molecule has 19 heteroatoms. The number of alkyl halides is 15. The summed E-state index contributed by atoms with van der Waals surface area (Å²) in [5.74, 6) is -48.5. The molecule has 2 nitrogen and oxygen atoms in total. The van der Waals surface area contributed by atoms with Gasteiger partial charge in [-0.3, -0.25) is 4.79 Å². The number of hydrogen-bond donors (Lipinski definition) is 1. The molecule has 2 aromatic rings. The molecule has 0 aliphatic carbocycles. The van der Waals surface area contributed by atoms with Gasteiger partial charge in [-0.05, 0) is 36.4 Å². The maximum absolute atomic E-state index is 13.8. The van der Waals surface area contributed by atoms with Gasteiger partial charge in [-0.25, -0.2) is 0 Å². The first-order valence-electron chi connectivity index (χ1n) is 10.2. The molecule has 0 atom stereocenters. The van der Waals surface area contributed by atoms with Crippen molar-refractivity contribution in [3.8, 4) is 9.75 Å². The van der Waals surface area contributed by atoms with Crippen molar-refractivity contribution in [2.24, 2.45) is 0 Å². The lowest BCUT2D eigenvalue weighted by Gasteiger charge is -2.41. The zero-order chi connectivity index (χ0) is 30.3. The van der Waals surface area contributed by atoms with E-state index in [0.29, 0.717) is 4.88 Å². The fourth-order valence-electron chi connectivity index (χ4n) is 2.89. The predicted molar refractivity (Wildman–Crippen MR) is 109 cm³/mol. The minimum atomic E-state index is -8.35. The Morgan fingerprint density at radius 3 is 1.74 bits per heavy atom. The van der Waals surface area contributed by atoms with Crippen molar-refractivity contribution in [3.05, 3.63) is 34.5 Å². The molecule has 1 amide bonds. The van der Waals surface area contributed by atoms with E-state index in [2.05, 4.69) is 0 Å². The Morgan fingerprint density at radius 2 is 1.23 bits per heavy atom. The molecule has 2 rings (SSSR count). The van der Waals surface area contributed by atoms with Crippen LogP contribution >= 0.6 is 22.7 Å². The van der Waals surface area contributed by atoms with E-state index in [9.17, 15) is 70.7 Å². The lowest BCUT2D eigenvalue weighted by molar-refractivity contribution is -0.451. The third kappa shape index (κ3) is 5.83. The van der Waals surface area contributed by atoms with Gasteiger partial charge in [0, 0.05) is 21.1 Å². The highest BCUT2D eigenvalue weighted by atomic mass is 32.1. The highest BCUT2D eigenvalue weighted by molar-refractivity contribution is 7.21. The lowest BCUT2D eigenvalue weighted by atomic mass is 9.91. The normalized spacial score (nSPS) is 14.5. The number of aryl methyl sites for hydroxylation is 1. The minimum absolute atomic E-state index is 0.106. The van der Waals surface area contributed by atoms with Gasteiger partial charge in [0.15, 0.2) is 0 Å². The second-order valence-electron chi connectivity index (χ2n) is 7.95. The number of thiophene rings is 2. The van der Waals surface area contributed by atoms with Crippen LogP contribution in [0.1, 0.15) is 17.7 Å². The molecule has 0 saturated heterocycles. The molecule has 39 heavy (non-hydrogen) atoms. The van der Waals surface area contributed by atoms with E-state index in [1.54, 1.807) is 23.6 Å². The van der Waals surface area contributed by atoms with Crippen LogP contribution in [0.4, 0.5) is 65.9 Å². The number of carbonyl (C=O) groups is 1. The van der Waals surface area contributed by atoms with Gasteiger partial charge in [-0.1, -0.05) is 6.07 Å². The minimum Gasteiger partial charge on any atom is -0.350 e. The van der Waals surface area contributed by atoms with Crippen molar-refractivity contribution in [3.63, 3.8) is 0 Å². The number of halogens is 15. The van der Waals surface area contributed by atoms with Crippen molar-refractivity contribution >= 4 is 28.6 Å². The molecular formula is C20H14F15NOS2. The van der Waals surface area contributed by atoms with Crippen molar-refractivity contribution in [2.75, 3.05) is 6.54 Å². The zero-order valence-electron chi connectivity index (χ0n) is 18.6. The summed E-state index contributed by atoms with van der Waals surface area (Å²) in [4.78, 5) is 14.1. The van der Waals surface area contributed by atoms with Crippen LogP contribution < -0.4 is 5.32 Å². The van der Waals surface area contributed by atoms with Gasteiger partial charge in [-0.2, -0.15) is 65.9 Å². The molecule has 0 unspecified atom stereocenters. The van der Waals surface area contributed by atoms with Crippen LogP contribution in [0.5, 0.6) is 0 Å². The van der Waals surface area contributed by atoms with Crippen LogP contribution in [0.2, 0.25) is 0 Å². The molecule has 2 heterocycles.